The summed E-state index contributed by atoms with van der Waals surface area (Å²) in [6, 6.07) is 4.01. The molecule has 0 aliphatic rings. The van der Waals surface area contributed by atoms with Crippen LogP contribution in [0.5, 0.6) is 0 Å². The third-order valence-corrected chi connectivity index (χ3v) is 3.27. The molecule has 1 aromatic rings. The van der Waals surface area contributed by atoms with Crippen molar-refractivity contribution in [2.45, 2.75) is 39.2 Å². The van der Waals surface area contributed by atoms with Gasteiger partial charge in [-0.05, 0) is 13.3 Å². The van der Waals surface area contributed by atoms with E-state index in [9.17, 15) is 10.1 Å². The van der Waals surface area contributed by atoms with Gasteiger partial charge in [-0.25, -0.2) is 9.97 Å². The van der Waals surface area contributed by atoms with Gasteiger partial charge in [0.2, 0.25) is 11.6 Å². The first-order chi connectivity index (χ1) is 11.0. The van der Waals surface area contributed by atoms with Crippen LogP contribution in [-0.2, 0) is 0 Å². The topological polar surface area (TPSA) is 132 Å². The molecule has 9 nitrogen and oxygen atoms in total. The molecule has 0 fully saturated rings. The molecule has 1 rings (SSSR count). The van der Waals surface area contributed by atoms with Crippen LogP contribution in [0.1, 0.15) is 33.1 Å². The van der Waals surface area contributed by atoms with Gasteiger partial charge < -0.3 is 10.2 Å². The van der Waals surface area contributed by atoms with E-state index in [4.69, 9.17) is 10.5 Å². The predicted molar refractivity (Wildman–Crippen MR) is 84.7 cm³/mol. The average Bonchev–Trinajstić information content (AvgIpc) is 2.54. The fourth-order valence-electron chi connectivity index (χ4n) is 1.90. The molecule has 1 atom stereocenters. The molecular weight excluding hydrogens is 298 g/mol. The molecule has 0 bridgehead atoms. The normalized spacial score (nSPS) is 11.1. The zero-order chi connectivity index (χ0) is 17.2. The van der Waals surface area contributed by atoms with Crippen LogP contribution in [0.25, 0.3) is 0 Å². The second-order valence-electron chi connectivity index (χ2n) is 4.91. The largest absolute Gasteiger partial charge is 0.362 e. The molecule has 1 unspecified atom stereocenters. The maximum atomic E-state index is 11.5. The standard InChI is InChI=1S/C14H19N7O2/c1-3-11(2)19-13-12(21(22)23)14(18-10-17-13)20(8-4-6-15)9-5-7-16/h10-11H,3-5,8-9H2,1-2H3,(H,17,18,19). The SMILES string of the molecule is CCC(C)Nc1ncnc(N(CCC#N)CCC#N)c1[N+](=O)[O-]. The minimum absolute atomic E-state index is 0.0168. The van der Waals surface area contributed by atoms with E-state index in [-0.39, 0.29) is 49.3 Å². The predicted octanol–water partition coefficient (Wildman–Crippen LogP) is 2.23. The van der Waals surface area contributed by atoms with Crippen molar-refractivity contribution in [1.29, 1.82) is 10.5 Å². The summed E-state index contributed by atoms with van der Waals surface area (Å²) in [6.45, 7) is 4.38. The van der Waals surface area contributed by atoms with Crippen LogP contribution >= 0.6 is 0 Å². The number of anilines is 2. The monoisotopic (exact) mass is 317 g/mol. The van der Waals surface area contributed by atoms with Gasteiger partial charge >= 0.3 is 5.69 Å². The molecule has 0 aliphatic carbocycles. The lowest BCUT2D eigenvalue weighted by Crippen LogP contribution is -2.28. The first-order valence-electron chi connectivity index (χ1n) is 7.29. The molecular formula is C14H19N7O2. The fraction of sp³-hybridized carbons (Fsp3) is 0.571. The maximum Gasteiger partial charge on any atom is 0.353 e. The summed E-state index contributed by atoms with van der Waals surface area (Å²) in [6.07, 6.45) is 2.39. The highest BCUT2D eigenvalue weighted by Crippen LogP contribution is 2.32. The van der Waals surface area contributed by atoms with Crippen LogP contribution in [-0.4, -0.2) is 34.0 Å². The van der Waals surface area contributed by atoms with E-state index < -0.39 is 4.92 Å². The van der Waals surface area contributed by atoms with Gasteiger partial charge in [-0.1, -0.05) is 6.92 Å². The number of aromatic nitrogens is 2. The van der Waals surface area contributed by atoms with Crippen molar-refractivity contribution in [3.63, 3.8) is 0 Å². The molecule has 122 valence electrons. The van der Waals surface area contributed by atoms with E-state index in [2.05, 4.69) is 15.3 Å². The lowest BCUT2D eigenvalue weighted by atomic mass is 10.2. The zero-order valence-corrected chi connectivity index (χ0v) is 13.2. The first kappa shape index (κ1) is 18.1. The van der Waals surface area contributed by atoms with Crippen LogP contribution in [0.2, 0.25) is 0 Å². The van der Waals surface area contributed by atoms with Crippen molar-refractivity contribution in [3.8, 4) is 12.1 Å². The lowest BCUT2D eigenvalue weighted by molar-refractivity contribution is -0.383. The van der Waals surface area contributed by atoms with E-state index >= 15 is 0 Å². The van der Waals surface area contributed by atoms with Crippen molar-refractivity contribution in [2.24, 2.45) is 0 Å². The molecule has 1 N–H and O–H groups in total. The highest BCUT2D eigenvalue weighted by atomic mass is 16.6. The Labute approximate surface area is 134 Å². The summed E-state index contributed by atoms with van der Waals surface area (Å²) in [4.78, 5) is 20.5. The Balaban J connectivity index is 3.25. The van der Waals surface area contributed by atoms with Gasteiger partial charge in [-0.2, -0.15) is 10.5 Å². The summed E-state index contributed by atoms with van der Waals surface area (Å²) in [7, 11) is 0. The molecule has 0 aliphatic heterocycles. The Kier molecular flexibility index (Phi) is 7.21. The van der Waals surface area contributed by atoms with Crippen molar-refractivity contribution in [2.75, 3.05) is 23.3 Å². The second kappa shape index (κ2) is 9.15. The fourth-order valence-corrected chi connectivity index (χ4v) is 1.90. The van der Waals surface area contributed by atoms with Crippen LogP contribution in [0.3, 0.4) is 0 Å². The Hall–Kier alpha value is -2.94. The minimum atomic E-state index is -0.536. The Morgan fingerprint density at radius 3 is 2.43 bits per heavy atom. The average molecular weight is 317 g/mol. The summed E-state index contributed by atoms with van der Waals surface area (Å²) in [5, 5.41) is 32.0. The summed E-state index contributed by atoms with van der Waals surface area (Å²) in [5.41, 5.74) is -0.233. The quantitative estimate of drug-likeness (QED) is 0.541. The van der Waals surface area contributed by atoms with E-state index in [0.717, 1.165) is 6.42 Å². The van der Waals surface area contributed by atoms with Crippen LogP contribution in [0.4, 0.5) is 17.3 Å². The second-order valence-corrected chi connectivity index (χ2v) is 4.91. The van der Waals surface area contributed by atoms with Gasteiger partial charge in [0.1, 0.15) is 6.33 Å². The first-order valence-corrected chi connectivity index (χ1v) is 7.29. The zero-order valence-electron chi connectivity index (χ0n) is 13.2. The van der Waals surface area contributed by atoms with Crippen molar-refractivity contribution in [1.82, 2.24) is 9.97 Å². The van der Waals surface area contributed by atoms with Gasteiger partial charge in [0.15, 0.2) is 0 Å². The smallest absolute Gasteiger partial charge is 0.353 e. The number of nitriles is 2. The highest BCUT2D eigenvalue weighted by Gasteiger charge is 2.27. The Bertz CT molecular complexity index is 603. The number of hydrogen-bond donors (Lipinski definition) is 1. The van der Waals surface area contributed by atoms with Gasteiger partial charge in [0.05, 0.1) is 29.9 Å². The third-order valence-electron chi connectivity index (χ3n) is 3.27. The summed E-state index contributed by atoms with van der Waals surface area (Å²) >= 11 is 0. The van der Waals surface area contributed by atoms with Gasteiger partial charge in [0.25, 0.3) is 0 Å². The van der Waals surface area contributed by atoms with Crippen molar-refractivity contribution in [3.05, 3.63) is 16.4 Å². The van der Waals surface area contributed by atoms with E-state index in [0.29, 0.717) is 0 Å². The molecule has 0 saturated carbocycles. The Morgan fingerprint density at radius 1 is 1.35 bits per heavy atom. The van der Waals surface area contributed by atoms with Crippen molar-refractivity contribution < 1.29 is 4.92 Å². The highest BCUT2D eigenvalue weighted by molar-refractivity contribution is 5.70. The van der Waals surface area contributed by atoms with E-state index in [1.807, 2.05) is 26.0 Å². The Morgan fingerprint density at radius 2 is 1.96 bits per heavy atom. The van der Waals surface area contributed by atoms with Crippen molar-refractivity contribution >= 4 is 17.3 Å². The molecule has 23 heavy (non-hydrogen) atoms. The molecule has 0 amide bonds. The minimum Gasteiger partial charge on any atom is -0.362 e. The summed E-state index contributed by atoms with van der Waals surface area (Å²) in [5.74, 6) is 0.273. The van der Waals surface area contributed by atoms with Gasteiger partial charge in [0, 0.05) is 19.1 Å². The number of rotatable bonds is 9. The maximum absolute atomic E-state index is 11.5. The van der Waals surface area contributed by atoms with Crippen LogP contribution in [0, 0.1) is 32.8 Å². The molecule has 0 aromatic carbocycles. The lowest BCUT2D eigenvalue weighted by Gasteiger charge is -2.22. The van der Waals surface area contributed by atoms with Crippen LogP contribution < -0.4 is 10.2 Å². The number of hydrogen-bond acceptors (Lipinski definition) is 8. The number of nitrogens with zero attached hydrogens (tertiary/aromatic N) is 6. The molecule has 0 radical (unpaired) electrons. The molecule has 0 spiro atoms. The van der Waals surface area contributed by atoms with Gasteiger partial charge in [-0.15, -0.1) is 0 Å². The summed E-state index contributed by atoms with van der Waals surface area (Å²) < 4.78 is 0. The van der Waals surface area contributed by atoms with Gasteiger partial charge in [-0.3, -0.25) is 10.1 Å². The molecule has 0 saturated heterocycles. The third kappa shape index (κ3) is 5.08. The van der Waals surface area contributed by atoms with E-state index in [1.165, 1.54) is 6.33 Å². The van der Waals surface area contributed by atoms with E-state index in [1.54, 1.807) is 4.90 Å². The molecule has 1 heterocycles. The number of nitro groups is 1. The number of nitrogens with one attached hydrogen (secondary N) is 1. The molecule has 9 heteroatoms. The molecule has 1 aromatic heterocycles. The van der Waals surface area contributed by atoms with Crippen LogP contribution in [0.15, 0.2) is 6.33 Å².